The number of rotatable bonds is 1. The fourth-order valence-corrected chi connectivity index (χ4v) is 3.21. The summed E-state index contributed by atoms with van der Waals surface area (Å²) in [6.07, 6.45) is 0.554. The first kappa shape index (κ1) is 11.7. The molecule has 2 aromatic carbocycles. The first-order valence-electron chi connectivity index (χ1n) is 6.66. The van der Waals surface area contributed by atoms with Gasteiger partial charge in [0.2, 0.25) is 0 Å². The molecule has 3 heteroatoms. The van der Waals surface area contributed by atoms with Crippen molar-refractivity contribution in [2.75, 3.05) is 0 Å². The zero-order valence-corrected chi connectivity index (χ0v) is 11.5. The first-order chi connectivity index (χ1) is 9.75. The fraction of sp³-hybridized carbons (Fsp3) is 0.118. The third-order valence-corrected chi connectivity index (χ3v) is 4.27. The van der Waals surface area contributed by atoms with E-state index in [2.05, 4.69) is 22.8 Å². The molecule has 0 unspecified atom stereocenters. The lowest BCUT2D eigenvalue weighted by atomic mass is 10.0. The number of hydrogen-bond donors (Lipinski definition) is 0. The highest BCUT2D eigenvalue weighted by molar-refractivity contribution is 6.36. The van der Waals surface area contributed by atoms with E-state index in [4.69, 9.17) is 11.6 Å². The number of aromatic nitrogens is 1. The highest BCUT2D eigenvalue weighted by Crippen LogP contribution is 2.37. The van der Waals surface area contributed by atoms with Crippen LogP contribution in [0.15, 0.2) is 48.5 Å². The van der Waals surface area contributed by atoms with Gasteiger partial charge in [0.05, 0.1) is 10.5 Å². The summed E-state index contributed by atoms with van der Waals surface area (Å²) < 4.78 is 2.22. The zero-order chi connectivity index (χ0) is 13.7. The number of carbonyl (C=O) groups is 1. The normalized spacial score (nSPS) is 13.9. The topological polar surface area (TPSA) is 22.0 Å². The van der Waals surface area contributed by atoms with E-state index in [-0.39, 0.29) is 5.78 Å². The SMILES string of the molecule is O=C1CCn2c(-c3ccccc3)cc3c(Cl)ccc1c32. The van der Waals surface area contributed by atoms with E-state index in [1.807, 2.05) is 30.3 Å². The van der Waals surface area contributed by atoms with Gasteiger partial charge in [0.25, 0.3) is 0 Å². The molecule has 0 fully saturated rings. The number of hydrogen-bond acceptors (Lipinski definition) is 1. The maximum absolute atomic E-state index is 12.1. The molecule has 0 amide bonds. The van der Waals surface area contributed by atoms with Crippen LogP contribution in [0.4, 0.5) is 0 Å². The van der Waals surface area contributed by atoms with Gasteiger partial charge in [-0.05, 0) is 23.8 Å². The van der Waals surface area contributed by atoms with Crippen LogP contribution in [0.3, 0.4) is 0 Å². The van der Waals surface area contributed by atoms with Crippen molar-refractivity contribution in [3.8, 4) is 11.3 Å². The number of benzene rings is 2. The molecule has 1 aliphatic heterocycles. The Morgan fingerprint density at radius 3 is 2.65 bits per heavy atom. The molecule has 0 saturated carbocycles. The first-order valence-corrected chi connectivity index (χ1v) is 7.04. The van der Waals surface area contributed by atoms with Gasteiger partial charge in [-0.2, -0.15) is 0 Å². The largest absolute Gasteiger partial charge is 0.339 e. The maximum atomic E-state index is 12.1. The Morgan fingerprint density at radius 2 is 1.85 bits per heavy atom. The Labute approximate surface area is 121 Å². The summed E-state index contributed by atoms with van der Waals surface area (Å²) in [6, 6.07) is 16.0. The predicted molar refractivity (Wildman–Crippen MR) is 81.3 cm³/mol. The summed E-state index contributed by atoms with van der Waals surface area (Å²) in [5.74, 6) is 0.205. The summed E-state index contributed by atoms with van der Waals surface area (Å²) in [6.45, 7) is 0.722. The lowest BCUT2D eigenvalue weighted by Gasteiger charge is -2.17. The van der Waals surface area contributed by atoms with Gasteiger partial charge in [-0.15, -0.1) is 0 Å². The van der Waals surface area contributed by atoms with E-state index in [1.54, 1.807) is 0 Å². The number of carbonyl (C=O) groups excluding carboxylic acids is 1. The molecular formula is C17H12ClNO. The molecule has 0 atom stereocenters. The second kappa shape index (κ2) is 4.22. The molecule has 20 heavy (non-hydrogen) atoms. The van der Waals surface area contributed by atoms with Crippen molar-refractivity contribution in [2.24, 2.45) is 0 Å². The summed E-state index contributed by atoms with van der Waals surface area (Å²) in [7, 11) is 0. The van der Waals surface area contributed by atoms with Gasteiger partial charge in [0.15, 0.2) is 5.78 Å². The van der Waals surface area contributed by atoms with Crippen LogP contribution >= 0.6 is 11.6 Å². The van der Waals surface area contributed by atoms with E-state index in [9.17, 15) is 4.79 Å². The van der Waals surface area contributed by atoms with Crippen molar-refractivity contribution >= 4 is 28.3 Å². The van der Waals surface area contributed by atoms with Crippen molar-refractivity contribution in [3.05, 3.63) is 59.1 Å². The predicted octanol–water partition coefficient (Wildman–Crippen LogP) is 4.55. The van der Waals surface area contributed by atoms with Crippen LogP contribution in [0.25, 0.3) is 22.2 Å². The summed E-state index contributed by atoms with van der Waals surface area (Å²) in [5, 5.41) is 1.67. The van der Waals surface area contributed by atoms with Gasteiger partial charge in [0, 0.05) is 29.6 Å². The van der Waals surface area contributed by atoms with Crippen LogP contribution < -0.4 is 0 Å². The highest BCUT2D eigenvalue weighted by atomic mass is 35.5. The lowest BCUT2D eigenvalue weighted by molar-refractivity contribution is 0.0973. The number of nitrogens with zero attached hydrogens (tertiary/aromatic N) is 1. The van der Waals surface area contributed by atoms with Crippen LogP contribution in [0.5, 0.6) is 0 Å². The Balaban J connectivity index is 2.11. The number of Topliss-reactive ketones (excluding diaryl/α,β-unsaturated/α-hetero) is 1. The third-order valence-electron chi connectivity index (χ3n) is 3.94. The molecule has 2 heterocycles. The molecule has 0 aliphatic carbocycles. The molecule has 1 aromatic heterocycles. The number of ketones is 1. The van der Waals surface area contributed by atoms with E-state index in [0.29, 0.717) is 11.4 Å². The van der Waals surface area contributed by atoms with Crippen LogP contribution in [0.1, 0.15) is 16.8 Å². The molecule has 4 rings (SSSR count). The van der Waals surface area contributed by atoms with Crippen molar-refractivity contribution in [1.82, 2.24) is 4.57 Å². The molecule has 0 bridgehead atoms. The minimum absolute atomic E-state index is 0.205. The van der Waals surface area contributed by atoms with Crippen molar-refractivity contribution in [2.45, 2.75) is 13.0 Å². The average molecular weight is 282 g/mol. The summed E-state index contributed by atoms with van der Waals surface area (Å²) >= 11 is 6.31. The molecule has 0 spiro atoms. The van der Waals surface area contributed by atoms with Gasteiger partial charge in [0.1, 0.15) is 0 Å². The smallest absolute Gasteiger partial charge is 0.166 e. The van der Waals surface area contributed by atoms with Crippen molar-refractivity contribution < 1.29 is 4.79 Å². The minimum Gasteiger partial charge on any atom is -0.339 e. The third kappa shape index (κ3) is 1.55. The Hall–Kier alpha value is -2.06. The number of halogens is 1. The molecule has 0 N–H and O–H groups in total. The van der Waals surface area contributed by atoms with Crippen molar-refractivity contribution in [1.29, 1.82) is 0 Å². The number of aryl methyl sites for hydroxylation is 1. The maximum Gasteiger partial charge on any atom is 0.166 e. The Bertz CT molecular complexity index is 833. The van der Waals surface area contributed by atoms with Crippen LogP contribution in [0, 0.1) is 0 Å². The molecule has 0 radical (unpaired) electrons. The monoisotopic (exact) mass is 281 g/mol. The van der Waals surface area contributed by atoms with E-state index < -0.39 is 0 Å². The van der Waals surface area contributed by atoms with Gasteiger partial charge in [-0.25, -0.2) is 0 Å². The summed E-state index contributed by atoms with van der Waals surface area (Å²) in [5.41, 5.74) is 4.05. The zero-order valence-electron chi connectivity index (χ0n) is 10.8. The second-order valence-corrected chi connectivity index (χ2v) is 5.48. The Kier molecular flexibility index (Phi) is 2.48. The molecule has 98 valence electrons. The second-order valence-electron chi connectivity index (χ2n) is 5.08. The van der Waals surface area contributed by atoms with Crippen LogP contribution in [-0.2, 0) is 6.54 Å². The van der Waals surface area contributed by atoms with Gasteiger partial charge in [-0.3, -0.25) is 4.79 Å². The standard InChI is InChI=1S/C17H12ClNO/c18-14-7-6-12-16(20)8-9-19-15(10-13(14)17(12)19)11-4-2-1-3-5-11/h1-7,10H,8-9H2. The van der Waals surface area contributed by atoms with Crippen molar-refractivity contribution in [3.63, 3.8) is 0 Å². The lowest BCUT2D eigenvalue weighted by Crippen LogP contribution is -2.14. The van der Waals surface area contributed by atoms with Crippen LogP contribution in [-0.4, -0.2) is 10.4 Å². The average Bonchev–Trinajstić information content (AvgIpc) is 2.87. The van der Waals surface area contributed by atoms with Gasteiger partial charge < -0.3 is 4.57 Å². The molecular weight excluding hydrogens is 270 g/mol. The Morgan fingerprint density at radius 1 is 1.05 bits per heavy atom. The molecule has 3 aromatic rings. The highest BCUT2D eigenvalue weighted by Gasteiger charge is 2.23. The molecule has 2 nitrogen and oxygen atoms in total. The van der Waals surface area contributed by atoms with E-state index in [0.717, 1.165) is 34.3 Å². The molecule has 1 aliphatic rings. The molecule has 0 saturated heterocycles. The van der Waals surface area contributed by atoms with E-state index >= 15 is 0 Å². The summed E-state index contributed by atoms with van der Waals surface area (Å²) in [4.78, 5) is 12.1. The quantitative estimate of drug-likeness (QED) is 0.641. The van der Waals surface area contributed by atoms with E-state index in [1.165, 1.54) is 0 Å². The minimum atomic E-state index is 0.205. The van der Waals surface area contributed by atoms with Gasteiger partial charge >= 0.3 is 0 Å². The fourth-order valence-electron chi connectivity index (χ4n) is 3.00. The van der Waals surface area contributed by atoms with Crippen LogP contribution in [0.2, 0.25) is 5.02 Å². The van der Waals surface area contributed by atoms with Gasteiger partial charge in [-0.1, -0.05) is 41.9 Å².